The summed E-state index contributed by atoms with van der Waals surface area (Å²) in [7, 11) is 3.74. The molecule has 0 unspecified atom stereocenters. The molecule has 0 saturated carbocycles. The van der Waals surface area contributed by atoms with Crippen molar-refractivity contribution >= 4 is 5.69 Å². The van der Waals surface area contributed by atoms with Crippen LogP contribution in [0.5, 0.6) is 5.75 Å². The van der Waals surface area contributed by atoms with E-state index in [1.165, 1.54) is 0 Å². The van der Waals surface area contributed by atoms with Crippen molar-refractivity contribution in [1.29, 1.82) is 0 Å². The van der Waals surface area contributed by atoms with Crippen molar-refractivity contribution in [3.05, 3.63) is 36.2 Å². The largest absolute Gasteiger partial charge is 0.495 e. The SMILES string of the molecule is CCNCc1cn(CCN(C)c2ccccc2OC)nn1. The fourth-order valence-corrected chi connectivity index (χ4v) is 2.10. The van der Waals surface area contributed by atoms with Crippen LogP contribution in [0.25, 0.3) is 0 Å². The van der Waals surface area contributed by atoms with E-state index in [0.717, 1.165) is 43.3 Å². The molecule has 2 aromatic rings. The van der Waals surface area contributed by atoms with Crippen LogP contribution >= 0.6 is 0 Å². The number of benzene rings is 1. The van der Waals surface area contributed by atoms with Gasteiger partial charge in [-0.05, 0) is 18.7 Å². The second-order valence-corrected chi connectivity index (χ2v) is 4.85. The van der Waals surface area contributed by atoms with E-state index >= 15 is 0 Å². The summed E-state index contributed by atoms with van der Waals surface area (Å²) in [5.74, 6) is 0.881. The summed E-state index contributed by atoms with van der Waals surface area (Å²) in [4.78, 5) is 2.16. The van der Waals surface area contributed by atoms with Gasteiger partial charge in [-0.1, -0.05) is 24.3 Å². The number of ether oxygens (including phenoxy) is 1. The van der Waals surface area contributed by atoms with Crippen LogP contribution < -0.4 is 15.0 Å². The van der Waals surface area contributed by atoms with Crippen molar-refractivity contribution in [2.75, 3.05) is 32.1 Å². The Balaban J connectivity index is 1.91. The quantitative estimate of drug-likeness (QED) is 0.799. The molecule has 0 radical (unpaired) electrons. The number of hydrogen-bond acceptors (Lipinski definition) is 5. The fraction of sp³-hybridized carbons (Fsp3) is 0.467. The Morgan fingerprint density at radius 3 is 2.90 bits per heavy atom. The lowest BCUT2D eigenvalue weighted by Crippen LogP contribution is -2.23. The average molecular weight is 289 g/mol. The molecule has 114 valence electrons. The van der Waals surface area contributed by atoms with Crippen LogP contribution in [0, 0.1) is 0 Å². The highest BCUT2D eigenvalue weighted by Gasteiger charge is 2.07. The summed E-state index contributed by atoms with van der Waals surface area (Å²) in [5, 5.41) is 11.5. The zero-order chi connectivity index (χ0) is 15.1. The minimum Gasteiger partial charge on any atom is -0.495 e. The predicted octanol–water partition coefficient (Wildman–Crippen LogP) is 1.53. The topological polar surface area (TPSA) is 55.2 Å². The molecular weight excluding hydrogens is 266 g/mol. The molecule has 0 fully saturated rings. The minimum atomic E-state index is 0.763. The van der Waals surface area contributed by atoms with Crippen molar-refractivity contribution < 1.29 is 4.74 Å². The zero-order valence-electron chi connectivity index (χ0n) is 12.9. The number of hydrogen-bond donors (Lipinski definition) is 1. The average Bonchev–Trinajstić information content (AvgIpc) is 2.98. The van der Waals surface area contributed by atoms with Crippen LogP contribution in [0.4, 0.5) is 5.69 Å². The Morgan fingerprint density at radius 1 is 1.33 bits per heavy atom. The van der Waals surface area contributed by atoms with Crippen molar-refractivity contribution in [2.45, 2.75) is 20.0 Å². The van der Waals surface area contributed by atoms with Crippen LogP contribution in [0.15, 0.2) is 30.5 Å². The van der Waals surface area contributed by atoms with Gasteiger partial charge in [-0.2, -0.15) is 0 Å². The van der Waals surface area contributed by atoms with Gasteiger partial charge in [0.25, 0.3) is 0 Å². The third-order valence-corrected chi connectivity index (χ3v) is 3.30. The molecule has 0 aliphatic carbocycles. The predicted molar refractivity (Wildman–Crippen MR) is 83.7 cm³/mol. The standard InChI is InChI=1S/C15H23N5O/c1-4-16-11-13-12-20(18-17-13)10-9-19(2)14-7-5-6-8-15(14)21-3/h5-8,12,16H,4,9-11H2,1-3H3. The lowest BCUT2D eigenvalue weighted by Gasteiger charge is -2.21. The summed E-state index contributed by atoms with van der Waals surface area (Å²) in [6.45, 7) is 5.40. The summed E-state index contributed by atoms with van der Waals surface area (Å²) in [6.07, 6.45) is 1.98. The molecule has 0 aliphatic rings. The maximum atomic E-state index is 5.38. The maximum Gasteiger partial charge on any atom is 0.142 e. The first-order valence-corrected chi connectivity index (χ1v) is 7.18. The monoisotopic (exact) mass is 289 g/mol. The summed E-state index contributed by atoms with van der Waals surface area (Å²) < 4.78 is 7.26. The second kappa shape index (κ2) is 7.64. The third-order valence-electron chi connectivity index (χ3n) is 3.30. The van der Waals surface area contributed by atoms with Crippen LogP contribution in [0.3, 0.4) is 0 Å². The number of nitrogens with one attached hydrogen (secondary N) is 1. The van der Waals surface area contributed by atoms with Crippen LogP contribution in [-0.4, -0.2) is 42.2 Å². The molecule has 2 rings (SSSR count). The van der Waals surface area contributed by atoms with Gasteiger partial charge < -0.3 is 15.0 Å². The van der Waals surface area contributed by atoms with E-state index in [1.807, 2.05) is 36.1 Å². The molecule has 1 heterocycles. The molecule has 0 aliphatic heterocycles. The first kappa shape index (κ1) is 15.3. The number of aromatic nitrogens is 3. The zero-order valence-corrected chi connectivity index (χ0v) is 12.9. The summed E-state index contributed by atoms with van der Waals surface area (Å²) in [5.41, 5.74) is 2.05. The van der Waals surface area contributed by atoms with Crippen LogP contribution in [0.2, 0.25) is 0 Å². The Hall–Kier alpha value is -2.08. The Morgan fingerprint density at radius 2 is 2.14 bits per heavy atom. The van der Waals surface area contributed by atoms with Gasteiger partial charge >= 0.3 is 0 Å². The van der Waals surface area contributed by atoms with E-state index in [1.54, 1.807) is 7.11 Å². The molecular formula is C15H23N5O. The second-order valence-electron chi connectivity index (χ2n) is 4.85. The van der Waals surface area contributed by atoms with E-state index in [9.17, 15) is 0 Å². The van der Waals surface area contributed by atoms with E-state index in [2.05, 4.69) is 33.5 Å². The Labute approximate surface area is 125 Å². The van der Waals surface area contributed by atoms with Crippen molar-refractivity contribution in [1.82, 2.24) is 20.3 Å². The Bertz CT molecular complexity index is 555. The number of para-hydroxylation sites is 2. The van der Waals surface area contributed by atoms with Gasteiger partial charge in [-0.25, -0.2) is 0 Å². The maximum absolute atomic E-state index is 5.38. The molecule has 1 aromatic heterocycles. The number of rotatable bonds is 8. The number of methoxy groups -OCH3 is 1. The van der Waals surface area contributed by atoms with E-state index in [0.29, 0.717) is 0 Å². The molecule has 0 atom stereocenters. The molecule has 0 bridgehead atoms. The molecule has 21 heavy (non-hydrogen) atoms. The fourth-order valence-electron chi connectivity index (χ4n) is 2.10. The van der Waals surface area contributed by atoms with Crippen molar-refractivity contribution in [3.8, 4) is 5.75 Å². The molecule has 6 nitrogen and oxygen atoms in total. The highest BCUT2D eigenvalue weighted by atomic mass is 16.5. The third kappa shape index (κ3) is 4.19. The summed E-state index contributed by atoms with van der Waals surface area (Å²) >= 11 is 0. The molecule has 1 aromatic carbocycles. The van der Waals surface area contributed by atoms with E-state index < -0.39 is 0 Å². The van der Waals surface area contributed by atoms with Crippen LogP contribution in [0.1, 0.15) is 12.6 Å². The van der Waals surface area contributed by atoms with E-state index in [-0.39, 0.29) is 0 Å². The Kier molecular flexibility index (Phi) is 5.57. The molecule has 6 heteroatoms. The lowest BCUT2D eigenvalue weighted by molar-refractivity contribution is 0.414. The normalized spacial score (nSPS) is 10.6. The molecule has 0 amide bonds. The van der Waals surface area contributed by atoms with Gasteiger partial charge in [0, 0.05) is 26.3 Å². The van der Waals surface area contributed by atoms with E-state index in [4.69, 9.17) is 4.74 Å². The van der Waals surface area contributed by atoms with Gasteiger partial charge in [0.15, 0.2) is 0 Å². The minimum absolute atomic E-state index is 0.763. The first-order valence-electron chi connectivity index (χ1n) is 7.18. The van der Waals surface area contributed by atoms with Gasteiger partial charge in [0.05, 0.1) is 25.0 Å². The first-order chi connectivity index (χ1) is 10.2. The van der Waals surface area contributed by atoms with Gasteiger partial charge in [0.1, 0.15) is 5.75 Å². The van der Waals surface area contributed by atoms with Crippen molar-refractivity contribution in [3.63, 3.8) is 0 Å². The lowest BCUT2D eigenvalue weighted by atomic mass is 10.2. The van der Waals surface area contributed by atoms with Crippen LogP contribution in [-0.2, 0) is 13.1 Å². The molecule has 1 N–H and O–H groups in total. The van der Waals surface area contributed by atoms with Gasteiger partial charge in [-0.15, -0.1) is 5.10 Å². The van der Waals surface area contributed by atoms with Crippen molar-refractivity contribution in [2.24, 2.45) is 0 Å². The number of nitrogens with zero attached hydrogens (tertiary/aromatic N) is 4. The number of anilines is 1. The summed E-state index contributed by atoms with van der Waals surface area (Å²) in [6, 6.07) is 8.01. The number of likely N-dealkylation sites (N-methyl/N-ethyl adjacent to an activating group) is 1. The smallest absolute Gasteiger partial charge is 0.142 e. The van der Waals surface area contributed by atoms with Gasteiger partial charge in [-0.3, -0.25) is 4.68 Å². The highest BCUT2D eigenvalue weighted by Crippen LogP contribution is 2.26. The molecule has 0 saturated heterocycles. The highest BCUT2D eigenvalue weighted by molar-refractivity contribution is 5.57. The molecule has 0 spiro atoms. The van der Waals surface area contributed by atoms with Gasteiger partial charge in [0.2, 0.25) is 0 Å².